The number of rotatable bonds is 7. The minimum atomic E-state index is -5.90. The van der Waals surface area contributed by atoms with Gasteiger partial charge in [0, 0.05) is 6.42 Å². The lowest BCUT2D eigenvalue weighted by Crippen LogP contribution is -2.27. The van der Waals surface area contributed by atoms with Crippen LogP contribution in [0.25, 0.3) is 0 Å². The molecule has 0 aromatic carbocycles. The van der Waals surface area contributed by atoms with Crippen molar-refractivity contribution in [2.45, 2.75) is 31.7 Å². The second kappa shape index (κ2) is 6.84. The van der Waals surface area contributed by atoms with Crippen molar-refractivity contribution in [3.05, 3.63) is 0 Å². The molecule has 1 aliphatic rings. The molecule has 1 fully saturated rings. The molecule has 1 aliphatic heterocycles. The average Bonchev–Trinajstić information content (AvgIpc) is 2.48. The molecule has 1 rings (SSSR count). The van der Waals surface area contributed by atoms with Crippen molar-refractivity contribution in [1.82, 2.24) is 0 Å². The molecule has 0 amide bonds. The molecule has 0 saturated carbocycles. The predicted octanol–water partition coefficient (Wildman–Crippen LogP) is -2.03. The van der Waals surface area contributed by atoms with Gasteiger partial charge in [0.25, 0.3) is 23.5 Å². The van der Waals surface area contributed by atoms with Gasteiger partial charge in [0.1, 0.15) is 6.10 Å². The van der Waals surface area contributed by atoms with E-state index < -0.39 is 42.3 Å². The Morgan fingerprint density at radius 2 is 1.76 bits per heavy atom. The Morgan fingerprint density at radius 3 is 2.19 bits per heavy atom. The second-order valence-corrected chi connectivity index (χ2v) is 8.40. The zero-order chi connectivity index (χ0) is 16.5. The van der Waals surface area contributed by atoms with Crippen LogP contribution in [0, 0.1) is 0 Å². The van der Waals surface area contributed by atoms with Crippen LogP contribution in [0.3, 0.4) is 0 Å². The van der Waals surface area contributed by atoms with Crippen LogP contribution in [-0.2, 0) is 31.6 Å². The fraction of sp³-hybridized carbons (Fsp3) is 1.00. The van der Waals surface area contributed by atoms with E-state index >= 15 is 0 Å². The quantitative estimate of drug-likeness (QED) is 0.467. The number of ether oxygens (including phenoxy) is 1. The van der Waals surface area contributed by atoms with Gasteiger partial charge in [-0.25, -0.2) is 8.62 Å². The van der Waals surface area contributed by atoms with Crippen LogP contribution in [0.15, 0.2) is 0 Å². The Balaban J connectivity index is 2.56. The molecule has 0 aromatic rings. The summed E-state index contributed by atoms with van der Waals surface area (Å²) in [7, 11) is -17.2. The maximum Gasteiger partial charge on any atom is 0.280 e. The molecule has 4 unspecified atom stereocenters. The fourth-order valence-electron chi connectivity index (χ4n) is 1.54. The standard InChI is InChI=1S/C6H15O12P3/c1-4-2-5(7)6(16-4)3-15-20(11,12)18-21(13,14)17-19(8,9)10/h4-7H,2-3H2,1H3,(H,11,12)(H,13,14)(H2,8,9,10)/p-3/t4-,5?,6+/m0/s1. The molecule has 1 heterocycles. The summed E-state index contributed by atoms with van der Waals surface area (Å²) in [4.78, 5) is 40.4. The largest absolute Gasteiger partial charge is 0.756 e. The minimum absolute atomic E-state index is 0.227. The van der Waals surface area contributed by atoms with Crippen LogP contribution in [-0.4, -0.2) is 34.9 Å². The van der Waals surface area contributed by atoms with E-state index in [0.29, 0.717) is 0 Å². The lowest BCUT2D eigenvalue weighted by atomic mass is 10.1. The molecule has 12 nitrogen and oxygen atoms in total. The molecule has 0 spiro atoms. The van der Waals surface area contributed by atoms with Crippen LogP contribution < -0.4 is 14.7 Å². The lowest BCUT2D eigenvalue weighted by molar-refractivity contribution is -0.250. The van der Waals surface area contributed by atoms with Crippen LogP contribution >= 0.6 is 23.5 Å². The first-order valence-electron chi connectivity index (χ1n) is 5.36. The summed E-state index contributed by atoms with van der Waals surface area (Å²) in [6.45, 7) is 0.865. The normalized spacial score (nSPS) is 34.9. The van der Waals surface area contributed by atoms with Crippen LogP contribution in [0.5, 0.6) is 0 Å². The summed E-state index contributed by atoms with van der Waals surface area (Å²) < 4.78 is 48.0. The molecule has 6 atom stereocenters. The smallest absolute Gasteiger partial charge is 0.280 e. The summed E-state index contributed by atoms with van der Waals surface area (Å²) >= 11 is 0. The van der Waals surface area contributed by atoms with Gasteiger partial charge in [-0.1, -0.05) is 0 Å². The SMILES string of the molecule is C[C@H]1CC(O)[C@@H](COP(=O)([O-])OP(=O)([O-])OP(=O)([O-])O)O1. The van der Waals surface area contributed by atoms with Crippen molar-refractivity contribution in [3.8, 4) is 0 Å². The number of aliphatic hydroxyl groups excluding tert-OH is 1. The van der Waals surface area contributed by atoms with E-state index in [1.54, 1.807) is 6.92 Å². The van der Waals surface area contributed by atoms with Crippen LogP contribution in [0.2, 0.25) is 0 Å². The summed E-state index contributed by atoms with van der Waals surface area (Å²) in [6.07, 6.45) is -2.17. The number of hydrogen-bond donors (Lipinski definition) is 2. The van der Waals surface area contributed by atoms with Gasteiger partial charge in [0.15, 0.2) is 0 Å². The third-order valence-corrected chi connectivity index (χ3v) is 5.90. The molecule has 21 heavy (non-hydrogen) atoms. The molecule has 0 radical (unpaired) electrons. The van der Waals surface area contributed by atoms with Gasteiger partial charge in [-0.3, -0.25) is 13.7 Å². The maximum absolute atomic E-state index is 11.2. The Morgan fingerprint density at radius 1 is 1.19 bits per heavy atom. The Kier molecular flexibility index (Phi) is 6.31. The average molecular weight is 369 g/mol. The van der Waals surface area contributed by atoms with Crippen molar-refractivity contribution >= 4 is 23.5 Å². The van der Waals surface area contributed by atoms with Gasteiger partial charge >= 0.3 is 0 Å². The number of phosphoric ester groups is 1. The third-order valence-electron chi connectivity index (χ3n) is 2.21. The van der Waals surface area contributed by atoms with Crippen molar-refractivity contribution < 1.29 is 56.3 Å². The first-order chi connectivity index (χ1) is 9.30. The van der Waals surface area contributed by atoms with Gasteiger partial charge in [-0.2, -0.15) is 0 Å². The first-order valence-corrected chi connectivity index (χ1v) is 9.78. The van der Waals surface area contributed by atoms with E-state index in [1.165, 1.54) is 0 Å². The van der Waals surface area contributed by atoms with Gasteiger partial charge in [0.05, 0.1) is 18.8 Å². The highest BCUT2D eigenvalue weighted by Gasteiger charge is 2.33. The molecule has 1 saturated heterocycles. The summed E-state index contributed by atoms with van der Waals surface area (Å²) in [5.74, 6) is 0. The van der Waals surface area contributed by atoms with Crippen molar-refractivity contribution in [3.63, 3.8) is 0 Å². The second-order valence-electron chi connectivity index (χ2n) is 4.11. The summed E-state index contributed by atoms with van der Waals surface area (Å²) in [5, 5.41) is 9.45. The summed E-state index contributed by atoms with van der Waals surface area (Å²) in [5.41, 5.74) is 0. The van der Waals surface area contributed by atoms with Crippen molar-refractivity contribution in [2.75, 3.05) is 6.61 Å². The highest BCUT2D eigenvalue weighted by molar-refractivity contribution is 7.65. The van der Waals surface area contributed by atoms with E-state index in [1.807, 2.05) is 0 Å². The monoisotopic (exact) mass is 369 g/mol. The van der Waals surface area contributed by atoms with Crippen molar-refractivity contribution in [1.29, 1.82) is 0 Å². The zero-order valence-corrected chi connectivity index (χ0v) is 13.1. The van der Waals surface area contributed by atoms with E-state index in [0.717, 1.165) is 0 Å². The maximum atomic E-state index is 11.2. The molecule has 15 heteroatoms. The van der Waals surface area contributed by atoms with Crippen LogP contribution in [0.1, 0.15) is 13.3 Å². The highest BCUT2D eigenvalue weighted by atomic mass is 31.3. The van der Waals surface area contributed by atoms with E-state index in [9.17, 15) is 33.5 Å². The van der Waals surface area contributed by atoms with Gasteiger partial charge in [-0.15, -0.1) is 0 Å². The molecular weight excluding hydrogens is 357 g/mol. The number of hydrogen-bond acceptors (Lipinski definition) is 11. The zero-order valence-electron chi connectivity index (χ0n) is 10.5. The predicted molar refractivity (Wildman–Crippen MR) is 58.1 cm³/mol. The lowest BCUT2D eigenvalue weighted by Gasteiger charge is -2.33. The van der Waals surface area contributed by atoms with E-state index in [4.69, 9.17) is 9.63 Å². The Labute approximate surface area is 119 Å². The number of aliphatic hydroxyl groups is 1. The summed E-state index contributed by atoms with van der Waals surface area (Å²) in [6, 6.07) is 0. The molecule has 126 valence electrons. The van der Waals surface area contributed by atoms with E-state index in [2.05, 4.69) is 13.1 Å². The van der Waals surface area contributed by atoms with Crippen molar-refractivity contribution in [2.24, 2.45) is 0 Å². The number of phosphoric acid groups is 3. The molecule has 0 bridgehead atoms. The Bertz CT molecular complexity index is 499. The van der Waals surface area contributed by atoms with Crippen LogP contribution in [0.4, 0.5) is 0 Å². The molecule has 0 aromatic heterocycles. The minimum Gasteiger partial charge on any atom is -0.756 e. The third kappa shape index (κ3) is 7.43. The molecule has 2 N–H and O–H groups in total. The molecule has 0 aliphatic carbocycles. The van der Waals surface area contributed by atoms with E-state index in [-0.39, 0.29) is 12.5 Å². The van der Waals surface area contributed by atoms with Gasteiger partial charge in [0.2, 0.25) is 0 Å². The first kappa shape index (κ1) is 19.4. The molecular formula is C6H12O12P3-3. The Hall–Kier alpha value is 0.330. The van der Waals surface area contributed by atoms with Gasteiger partial charge < -0.3 is 33.9 Å². The fourth-order valence-corrected chi connectivity index (χ4v) is 4.44. The van der Waals surface area contributed by atoms with Gasteiger partial charge in [-0.05, 0) is 6.92 Å². The topological polar surface area (TPSA) is 198 Å². The highest BCUT2D eigenvalue weighted by Crippen LogP contribution is 2.61.